The number of aliphatic imine (C=N–C) groups is 1. The van der Waals surface area contributed by atoms with Gasteiger partial charge in [0.05, 0.1) is 18.8 Å². The minimum absolute atomic E-state index is 0.0816. The van der Waals surface area contributed by atoms with E-state index in [-0.39, 0.29) is 11.5 Å². The molecule has 1 heterocycles. The van der Waals surface area contributed by atoms with E-state index in [1.165, 1.54) is 6.42 Å². The van der Waals surface area contributed by atoms with E-state index in [0.717, 1.165) is 77.3 Å². The van der Waals surface area contributed by atoms with Gasteiger partial charge in [0.25, 0.3) is 0 Å². The van der Waals surface area contributed by atoms with Gasteiger partial charge < -0.3 is 24.8 Å². The third-order valence-corrected chi connectivity index (χ3v) is 5.79. The number of hydrogen-bond acceptors (Lipinski definition) is 4. The van der Waals surface area contributed by atoms with E-state index in [9.17, 15) is 5.11 Å². The number of rotatable bonds is 8. The van der Waals surface area contributed by atoms with Gasteiger partial charge >= 0.3 is 0 Å². The summed E-state index contributed by atoms with van der Waals surface area (Å²) < 4.78 is 11.0. The highest BCUT2D eigenvalue weighted by Gasteiger charge is 2.35. The fourth-order valence-corrected chi connectivity index (χ4v) is 3.93. The summed E-state index contributed by atoms with van der Waals surface area (Å²) in [6, 6.07) is 0. The Morgan fingerprint density at radius 2 is 2.00 bits per heavy atom. The standard InChI is InChI=1S/C20H39N3O3/c1-4-21-19(22-16-20(2)11-6-5-8-18(20)24)23-12-9-17(10-13-23)26-15-7-14-25-3/h17-18,24H,4-16H2,1-3H3,(H,21,22). The van der Waals surface area contributed by atoms with Crippen LogP contribution >= 0.6 is 0 Å². The van der Waals surface area contributed by atoms with Crippen molar-refractivity contribution in [2.45, 2.75) is 71.0 Å². The summed E-state index contributed by atoms with van der Waals surface area (Å²) in [4.78, 5) is 7.25. The third kappa shape index (κ3) is 6.39. The number of guanidine groups is 1. The number of hydrogen-bond donors (Lipinski definition) is 2. The Balaban J connectivity index is 1.83. The highest BCUT2D eigenvalue weighted by atomic mass is 16.5. The quantitative estimate of drug-likeness (QED) is 0.391. The van der Waals surface area contributed by atoms with Crippen molar-refractivity contribution in [3.8, 4) is 0 Å². The predicted octanol–water partition coefficient (Wildman–Crippen LogP) is 2.41. The number of piperidine rings is 1. The summed E-state index contributed by atoms with van der Waals surface area (Å²) in [6.45, 7) is 9.35. The second-order valence-electron chi connectivity index (χ2n) is 7.99. The Bertz CT molecular complexity index is 425. The van der Waals surface area contributed by atoms with Crippen LogP contribution in [0.15, 0.2) is 4.99 Å². The van der Waals surface area contributed by atoms with Crippen LogP contribution in [0.25, 0.3) is 0 Å². The fourth-order valence-electron chi connectivity index (χ4n) is 3.93. The molecule has 2 atom stereocenters. The highest BCUT2D eigenvalue weighted by Crippen LogP contribution is 2.36. The first kappa shape index (κ1) is 21.5. The summed E-state index contributed by atoms with van der Waals surface area (Å²) in [5.41, 5.74) is -0.0816. The fraction of sp³-hybridized carbons (Fsp3) is 0.950. The number of aliphatic hydroxyl groups is 1. The van der Waals surface area contributed by atoms with Gasteiger partial charge in [0.15, 0.2) is 5.96 Å². The van der Waals surface area contributed by atoms with Crippen molar-refractivity contribution in [3.63, 3.8) is 0 Å². The summed E-state index contributed by atoms with van der Waals surface area (Å²) in [7, 11) is 1.73. The van der Waals surface area contributed by atoms with Gasteiger partial charge in [-0.05, 0) is 39.0 Å². The maximum absolute atomic E-state index is 10.4. The van der Waals surface area contributed by atoms with Gasteiger partial charge in [-0.15, -0.1) is 0 Å². The molecular formula is C20H39N3O3. The van der Waals surface area contributed by atoms with Gasteiger partial charge in [-0.1, -0.05) is 19.8 Å². The van der Waals surface area contributed by atoms with Gasteiger partial charge in [-0.3, -0.25) is 4.99 Å². The first-order chi connectivity index (χ1) is 12.6. The number of methoxy groups -OCH3 is 1. The minimum Gasteiger partial charge on any atom is -0.392 e. The van der Waals surface area contributed by atoms with Crippen LogP contribution in [-0.2, 0) is 9.47 Å². The summed E-state index contributed by atoms with van der Waals surface area (Å²) in [5, 5.41) is 13.8. The molecule has 0 aromatic carbocycles. The molecule has 1 aliphatic heterocycles. The molecule has 2 unspecified atom stereocenters. The summed E-state index contributed by atoms with van der Waals surface area (Å²) >= 11 is 0. The zero-order valence-corrected chi connectivity index (χ0v) is 17.0. The van der Waals surface area contributed by atoms with Crippen LogP contribution in [0.3, 0.4) is 0 Å². The van der Waals surface area contributed by atoms with E-state index in [2.05, 4.69) is 24.1 Å². The van der Waals surface area contributed by atoms with E-state index in [0.29, 0.717) is 12.6 Å². The molecule has 1 saturated heterocycles. The first-order valence-corrected chi connectivity index (χ1v) is 10.4. The van der Waals surface area contributed by atoms with Crippen molar-refractivity contribution < 1.29 is 14.6 Å². The SMILES string of the molecule is CCNC(=NCC1(C)CCCCC1O)N1CCC(OCCCOC)CC1. The van der Waals surface area contributed by atoms with Crippen molar-refractivity contribution in [1.82, 2.24) is 10.2 Å². The Morgan fingerprint density at radius 3 is 2.65 bits per heavy atom. The molecular weight excluding hydrogens is 330 g/mol. The van der Waals surface area contributed by atoms with E-state index < -0.39 is 0 Å². The molecule has 0 spiro atoms. The lowest BCUT2D eigenvalue weighted by molar-refractivity contribution is 0.00567. The molecule has 0 amide bonds. The molecule has 1 saturated carbocycles. The van der Waals surface area contributed by atoms with Gasteiger partial charge in [-0.2, -0.15) is 0 Å². The molecule has 2 aliphatic rings. The van der Waals surface area contributed by atoms with Crippen molar-refractivity contribution in [2.75, 3.05) is 46.5 Å². The lowest BCUT2D eigenvalue weighted by Crippen LogP contribution is -2.48. The van der Waals surface area contributed by atoms with Crippen LogP contribution in [0.4, 0.5) is 0 Å². The van der Waals surface area contributed by atoms with Crippen LogP contribution in [-0.4, -0.2) is 74.7 Å². The molecule has 0 aromatic rings. The average molecular weight is 370 g/mol. The van der Waals surface area contributed by atoms with Gasteiger partial charge in [0.2, 0.25) is 0 Å². The second kappa shape index (κ2) is 11.1. The molecule has 2 rings (SSSR count). The Hall–Kier alpha value is -0.850. The van der Waals surface area contributed by atoms with Crippen molar-refractivity contribution >= 4 is 5.96 Å². The number of nitrogens with zero attached hydrogens (tertiary/aromatic N) is 2. The van der Waals surface area contributed by atoms with Crippen LogP contribution in [0.2, 0.25) is 0 Å². The molecule has 26 heavy (non-hydrogen) atoms. The van der Waals surface area contributed by atoms with Crippen LogP contribution in [0, 0.1) is 5.41 Å². The normalized spacial score (nSPS) is 28.4. The van der Waals surface area contributed by atoms with Crippen molar-refractivity contribution in [3.05, 3.63) is 0 Å². The van der Waals surface area contributed by atoms with Crippen LogP contribution in [0.5, 0.6) is 0 Å². The number of nitrogens with one attached hydrogen (secondary N) is 1. The molecule has 1 aliphatic carbocycles. The lowest BCUT2D eigenvalue weighted by atomic mass is 9.73. The van der Waals surface area contributed by atoms with E-state index in [1.807, 2.05) is 0 Å². The molecule has 2 fully saturated rings. The predicted molar refractivity (Wildman–Crippen MR) is 106 cm³/mol. The Morgan fingerprint density at radius 1 is 1.23 bits per heavy atom. The maximum Gasteiger partial charge on any atom is 0.193 e. The zero-order chi connectivity index (χ0) is 18.8. The topological polar surface area (TPSA) is 66.3 Å². The summed E-state index contributed by atoms with van der Waals surface area (Å²) in [6.07, 6.45) is 7.47. The highest BCUT2D eigenvalue weighted by molar-refractivity contribution is 5.80. The van der Waals surface area contributed by atoms with Gasteiger partial charge in [0, 0.05) is 45.4 Å². The smallest absolute Gasteiger partial charge is 0.193 e. The molecule has 0 aromatic heterocycles. The molecule has 6 nitrogen and oxygen atoms in total. The largest absolute Gasteiger partial charge is 0.392 e. The monoisotopic (exact) mass is 369 g/mol. The van der Waals surface area contributed by atoms with Gasteiger partial charge in [-0.25, -0.2) is 0 Å². The number of ether oxygens (including phenoxy) is 2. The molecule has 0 radical (unpaired) electrons. The molecule has 0 bridgehead atoms. The number of aliphatic hydroxyl groups excluding tert-OH is 1. The maximum atomic E-state index is 10.4. The van der Waals surface area contributed by atoms with Crippen LogP contribution < -0.4 is 5.32 Å². The number of likely N-dealkylation sites (tertiary alicyclic amines) is 1. The Kier molecular flexibility index (Phi) is 9.16. The molecule has 6 heteroatoms. The Labute approximate surface area is 159 Å². The lowest BCUT2D eigenvalue weighted by Gasteiger charge is -2.38. The van der Waals surface area contributed by atoms with E-state index in [4.69, 9.17) is 14.5 Å². The van der Waals surface area contributed by atoms with Crippen LogP contribution in [0.1, 0.15) is 58.8 Å². The third-order valence-electron chi connectivity index (χ3n) is 5.79. The van der Waals surface area contributed by atoms with Crippen molar-refractivity contribution in [2.24, 2.45) is 10.4 Å². The first-order valence-electron chi connectivity index (χ1n) is 10.4. The zero-order valence-electron chi connectivity index (χ0n) is 17.0. The van der Waals surface area contributed by atoms with E-state index in [1.54, 1.807) is 7.11 Å². The second-order valence-corrected chi connectivity index (χ2v) is 7.99. The van der Waals surface area contributed by atoms with Crippen molar-refractivity contribution in [1.29, 1.82) is 0 Å². The van der Waals surface area contributed by atoms with Gasteiger partial charge in [0.1, 0.15) is 0 Å². The average Bonchev–Trinajstić information content (AvgIpc) is 2.65. The summed E-state index contributed by atoms with van der Waals surface area (Å²) in [5.74, 6) is 0.990. The minimum atomic E-state index is -0.228. The van der Waals surface area contributed by atoms with E-state index >= 15 is 0 Å². The molecule has 152 valence electrons. The molecule has 2 N–H and O–H groups in total.